The standard InChI is InChI=1S/C42H44N4O2/c1-41(2,3)35-25-31(13-11-29-15-19-43-20-16-29)23-33(39(35)47)27-45-37-9-7-8-10-38(37)46-28-34-24-32(14-12-30-17-21-44-22-18-30)26-36(40(34)48)42(4,5)6/h15-28,37-38,47-48H,7-10H2,1-6H3/t37-,38-/m1/s1. The Morgan fingerprint density at radius 3 is 1.29 bits per heavy atom. The van der Waals surface area contributed by atoms with Crippen molar-refractivity contribution < 1.29 is 10.2 Å². The van der Waals surface area contributed by atoms with Gasteiger partial charge in [-0.05, 0) is 72.2 Å². The maximum absolute atomic E-state index is 11.3. The molecule has 2 atom stereocenters. The molecule has 0 saturated heterocycles. The van der Waals surface area contributed by atoms with Crippen LogP contribution in [-0.2, 0) is 10.8 Å². The Hall–Kier alpha value is -5.20. The number of aromatic hydroxyl groups is 2. The van der Waals surface area contributed by atoms with E-state index in [1.807, 2.05) is 48.5 Å². The highest BCUT2D eigenvalue weighted by atomic mass is 16.3. The molecule has 0 unspecified atom stereocenters. The van der Waals surface area contributed by atoms with Crippen molar-refractivity contribution in [3.8, 4) is 35.2 Å². The van der Waals surface area contributed by atoms with Crippen molar-refractivity contribution in [3.05, 3.63) is 118 Å². The molecule has 6 heteroatoms. The van der Waals surface area contributed by atoms with Gasteiger partial charge in [-0.25, -0.2) is 0 Å². The Morgan fingerprint density at radius 2 is 0.938 bits per heavy atom. The first-order chi connectivity index (χ1) is 22.9. The van der Waals surface area contributed by atoms with Crippen LogP contribution < -0.4 is 0 Å². The number of hydrogen-bond acceptors (Lipinski definition) is 6. The molecule has 0 bridgehead atoms. The summed E-state index contributed by atoms with van der Waals surface area (Å²) in [5.41, 5.74) is 5.72. The number of benzene rings is 2. The molecule has 244 valence electrons. The van der Waals surface area contributed by atoms with Gasteiger partial charge in [0.1, 0.15) is 11.5 Å². The van der Waals surface area contributed by atoms with Crippen molar-refractivity contribution >= 4 is 12.4 Å². The van der Waals surface area contributed by atoms with E-state index < -0.39 is 0 Å². The van der Waals surface area contributed by atoms with Crippen molar-refractivity contribution in [3.63, 3.8) is 0 Å². The minimum atomic E-state index is -0.288. The van der Waals surface area contributed by atoms with E-state index in [0.717, 1.165) is 59.1 Å². The van der Waals surface area contributed by atoms with Crippen molar-refractivity contribution in [2.45, 2.75) is 90.1 Å². The average molecular weight is 637 g/mol. The summed E-state index contributed by atoms with van der Waals surface area (Å²) >= 11 is 0. The lowest BCUT2D eigenvalue weighted by Crippen LogP contribution is -2.27. The van der Waals surface area contributed by atoms with E-state index in [1.165, 1.54) is 0 Å². The fourth-order valence-corrected chi connectivity index (χ4v) is 5.75. The third-order valence-corrected chi connectivity index (χ3v) is 8.46. The van der Waals surface area contributed by atoms with Gasteiger partial charge in [-0.15, -0.1) is 0 Å². The normalized spacial score (nSPS) is 16.7. The van der Waals surface area contributed by atoms with Crippen LogP contribution in [-0.4, -0.2) is 44.7 Å². The zero-order valence-electron chi connectivity index (χ0n) is 28.7. The van der Waals surface area contributed by atoms with Crippen LogP contribution >= 0.6 is 0 Å². The van der Waals surface area contributed by atoms with E-state index in [2.05, 4.69) is 75.2 Å². The van der Waals surface area contributed by atoms with E-state index in [0.29, 0.717) is 11.1 Å². The molecule has 0 amide bonds. The van der Waals surface area contributed by atoms with Gasteiger partial charge in [0.25, 0.3) is 0 Å². The second kappa shape index (κ2) is 14.7. The lowest BCUT2D eigenvalue weighted by Gasteiger charge is -2.26. The second-order valence-corrected chi connectivity index (χ2v) is 14.4. The minimum Gasteiger partial charge on any atom is -0.507 e. The molecule has 2 N–H and O–H groups in total. The number of nitrogens with zero attached hydrogens (tertiary/aromatic N) is 4. The molecule has 0 radical (unpaired) electrons. The molecule has 6 nitrogen and oxygen atoms in total. The Balaban J connectivity index is 1.45. The molecular formula is C42H44N4O2. The number of phenolic OH excluding ortho intramolecular Hbond substituents is 2. The number of pyridine rings is 2. The van der Waals surface area contributed by atoms with Crippen LogP contribution in [0.3, 0.4) is 0 Å². The molecule has 0 aliphatic heterocycles. The number of phenols is 2. The predicted octanol–water partition coefficient (Wildman–Crippen LogP) is 8.13. The average Bonchev–Trinajstić information content (AvgIpc) is 3.06. The summed E-state index contributed by atoms with van der Waals surface area (Å²) < 4.78 is 0. The summed E-state index contributed by atoms with van der Waals surface area (Å²) in [6.07, 6.45) is 14.4. The van der Waals surface area contributed by atoms with Crippen molar-refractivity contribution in [2.24, 2.45) is 9.98 Å². The fraction of sp³-hybridized carbons (Fsp3) is 0.333. The summed E-state index contributed by atoms with van der Waals surface area (Å²) in [5.74, 6) is 13.4. The SMILES string of the molecule is CC(C)(C)c1cc(C#Cc2ccncc2)cc(C=N[C@@H]2CCCC[C@H]2N=Cc2cc(C#Cc3ccncc3)cc(C(C)(C)C)c2O)c1O. The van der Waals surface area contributed by atoms with Crippen LogP contribution in [0.4, 0.5) is 0 Å². The van der Waals surface area contributed by atoms with Crippen LogP contribution in [0.2, 0.25) is 0 Å². The Labute approximate surface area is 285 Å². The molecule has 48 heavy (non-hydrogen) atoms. The second-order valence-electron chi connectivity index (χ2n) is 14.4. The highest BCUT2D eigenvalue weighted by Gasteiger charge is 2.26. The molecular weight excluding hydrogens is 592 g/mol. The molecule has 2 heterocycles. The van der Waals surface area contributed by atoms with Gasteiger partial charge in [-0.2, -0.15) is 0 Å². The van der Waals surface area contributed by atoms with Crippen molar-refractivity contribution in [1.29, 1.82) is 0 Å². The predicted molar refractivity (Wildman–Crippen MR) is 195 cm³/mol. The lowest BCUT2D eigenvalue weighted by atomic mass is 9.84. The van der Waals surface area contributed by atoms with Gasteiger partial charge in [0.05, 0.1) is 12.1 Å². The van der Waals surface area contributed by atoms with Gasteiger partial charge in [0.2, 0.25) is 0 Å². The van der Waals surface area contributed by atoms with E-state index in [1.54, 1.807) is 37.2 Å². The summed E-state index contributed by atoms with van der Waals surface area (Å²) in [7, 11) is 0. The van der Waals surface area contributed by atoms with E-state index in [4.69, 9.17) is 9.98 Å². The zero-order valence-corrected chi connectivity index (χ0v) is 28.7. The smallest absolute Gasteiger partial charge is 0.128 e. The quantitative estimate of drug-likeness (QED) is 0.175. The molecule has 2 aromatic carbocycles. The maximum Gasteiger partial charge on any atom is 0.128 e. The molecule has 1 aliphatic carbocycles. The Morgan fingerprint density at radius 1 is 0.583 bits per heavy atom. The van der Waals surface area contributed by atoms with E-state index >= 15 is 0 Å². The van der Waals surface area contributed by atoms with Crippen LogP contribution in [0, 0.1) is 23.7 Å². The third kappa shape index (κ3) is 8.78. The molecule has 4 aromatic rings. The number of rotatable bonds is 4. The van der Waals surface area contributed by atoms with Gasteiger partial charge in [-0.3, -0.25) is 20.0 Å². The topological polar surface area (TPSA) is 91.0 Å². The van der Waals surface area contributed by atoms with E-state index in [-0.39, 0.29) is 34.4 Å². The molecule has 0 spiro atoms. The highest BCUT2D eigenvalue weighted by Crippen LogP contribution is 2.36. The molecule has 1 aliphatic rings. The number of hydrogen-bond donors (Lipinski definition) is 2. The summed E-state index contributed by atoms with van der Waals surface area (Å²) in [6, 6.07) is 15.1. The van der Waals surface area contributed by atoms with Gasteiger partial charge in [-0.1, -0.05) is 78.1 Å². The van der Waals surface area contributed by atoms with Crippen molar-refractivity contribution in [2.75, 3.05) is 0 Å². The first kappa shape index (κ1) is 34.1. The maximum atomic E-state index is 11.3. The number of aromatic nitrogens is 2. The van der Waals surface area contributed by atoms with Gasteiger partial charge in [0.15, 0.2) is 0 Å². The largest absolute Gasteiger partial charge is 0.507 e. The van der Waals surface area contributed by atoms with Gasteiger partial charge >= 0.3 is 0 Å². The minimum absolute atomic E-state index is 0.0575. The van der Waals surface area contributed by atoms with Crippen LogP contribution in [0.1, 0.15) is 112 Å². The molecule has 5 rings (SSSR count). The first-order valence-electron chi connectivity index (χ1n) is 16.5. The van der Waals surface area contributed by atoms with Crippen LogP contribution in [0.15, 0.2) is 83.3 Å². The Bertz CT molecular complexity index is 1780. The fourth-order valence-electron chi connectivity index (χ4n) is 5.75. The van der Waals surface area contributed by atoms with Gasteiger partial charge < -0.3 is 10.2 Å². The van der Waals surface area contributed by atoms with Crippen LogP contribution in [0.25, 0.3) is 0 Å². The number of aliphatic imine (C=N–C) groups is 2. The lowest BCUT2D eigenvalue weighted by molar-refractivity contribution is 0.390. The first-order valence-corrected chi connectivity index (χ1v) is 16.5. The molecule has 1 fully saturated rings. The van der Waals surface area contributed by atoms with E-state index in [9.17, 15) is 10.2 Å². The Kier molecular flexibility index (Phi) is 10.5. The highest BCUT2D eigenvalue weighted by molar-refractivity contribution is 5.86. The zero-order chi connectivity index (χ0) is 34.3. The molecule has 1 saturated carbocycles. The summed E-state index contributed by atoms with van der Waals surface area (Å²) in [6.45, 7) is 12.5. The van der Waals surface area contributed by atoms with Crippen molar-refractivity contribution in [1.82, 2.24) is 9.97 Å². The van der Waals surface area contributed by atoms with Gasteiger partial charge in [0, 0.05) is 81.7 Å². The summed E-state index contributed by atoms with van der Waals surface area (Å²) in [5, 5.41) is 22.7. The monoisotopic (exact) mass is 636 g/mol. The summed E-state index contributed by atoms with van der Waals surface area (Å²) in [4.78, 5) is 18.1. The van der Waals surface area contributed by atoms with Crippen LogP contribution in [0.5, 0.6) is 11.5 Å². The molecule has 2 aromatic heterocycles. The third-order valence-electron chi connectivity index (χ3n) is 8.46.